The molecule has 0 aliphatic rings. The summed E-state index contributed by atoms with van der Waals surface area (Å²) in [5.74, 6) is 1.55. The number of ether oxygens (including phenoxy) is 2. The van der Waals surface area contributed by atoms with Crippen molar-refractivity contribution in [1.29, 1.82) is 0 Å². The Morgan fingerprint density at radius 2 is 1.65 bits per heavy atom. The Morgan fingerprint density at radius 3 is 2.31 bits per heavy atom. The van der Waals surface area contributed by atoms with Crippen LogP contribution in [0.3, 0.4) is 0 Å². The molecule has 2 rings (SSSR count). The fraction of sp³-hybridized carbons (Fsp3) is 0.429. The van der Waals surface area contributed by atoms with Crippen LogP contribution in [0.15, 0.2) is 42.5 Å². The van der Waals surface area contributed by atoms with Crippen LogP contribution in [0.25, 0.3) is 0 Å². The molecule has 0 atom stereocenters. The van der Waals surface area contributed by atoms with Gasteiger partial charge in [0.2, 0.25) is 0 Å². The van der Waals surface area contributed by atoms with Crippen molar-refractivity contribution in [3.63, 3.8) is 0 Å². The van der Waals surface area contributed by atoms with Crippen molar-refractivity contribution < 1.29 is 9.47 Å². The zero-order valence-corrected chi connectivity index (χ0v) is 17.5. The van der Waals surface area contributed by atoms with Gasteiger partial charge in [-0.2, -0.15) is 0 Å². The highest BCUT2D eigenvalue weighted by atomic mass is 35.5. The van der Waals surface area contributed by atoms with Gasteiger partial charge in [-0.25, -0.2) is 0 Å². The van der Waals surface area contributed by atoms with Gasteiger partial charge in [-0.05, 0) is 39.3 Å². The van der Waals surface area contributed by atoms with Gasteiger partial charge in [0.25, 0.3) is 0 Å². The minimum absolute atomic E-state index is 0. The lowest BCUT2D eigenvalue weighted by Crippen LogP contribution is -2.37. The molecule has 0 saturated heterocycles. The second kappa shape index (κ2) is 10.7. The van der Waals surface area contributed by atoms with Crippen molar-refractivity contribution >= 4 is 24.0 Å². The molecule has 1 N–H and O–H groups in total. The monoisotopic (exact) mass is 397 g/mol. The van der Waals surface area contributed by atoms with Gasteiger partial charge in [-0.1, -0.05) is 48.9 Å². The molecule has 2 aromatic rings. The van der Waals surface area contributed by atoms with Crippen LogP contribution < -0.4 is 14.8 Å². The zero-order valence-electron chi connectivity index (χ0n) is 16.0. The standard InChI is InChI=1S/C21H28ClNO2.ClH/c1-5-21(3,4)23-14-16-11-9-13-19(24-6-2)20(16)25-15-17-10-7-8-12-18(17)22;/h7-13,23H,5-6,14-15H2,1-4H3;1H. The molecule has 26 heavy (non-hydrogen) atoms. The second-order valence-electron chi connectivity index (χ2n) is 6.65. The molecule has 0 aromatic heterocycles. The van der Waals surface area contributed by atoms with E-state index in [0.717, 1.165) is 35.6 Å². The average Bonchev–Trinajstić information content (AvgIpc) is 2.60. The molecule has 5 heteroatoms. The lowest BCUT2D eigenvalue weighted by Gasteiger charge is -2.25. The van der Waals surface area contributed by atoms with E-state index >= 15 is 0 Å². The predicted octanol–water partition coefficient (Wildman–Crippen LogP) is 6.02. The summed E-state index contributed by atoms with van der Waals surface area (Å²) in [5, 5.41) is 4.29. The molecular weight excluding hydrogens is 369 g/mol. The van der Waals surface area contributed by atoms with Crippen LogP contribution in [0.5, 0.6) is 11.5 Å². The number of benzene rings is 2. The quantitative estimate of drug-likeness (QED) is 0.561. The number of halogens is 2. The van der Waals surface area contributed by atoms with Gasteiger partial charge in [0, 0.05) is 28.2 Å². The number of para-hydroxylation sites is 1. The molecule has 0 aliphatic carbocycles. The molecule has 144 valence electrons. The van der Waals surface area contributed by atoms with Gasteiger partial charge in [-0.15, -0.1) is 12.4 Å². The molecule has 0 heterocycles. The van der Waals surface area contributed by atoms with Gasteiger partial charge >= 0.3 is 0 Å². The van der Waals surface area contributed by atoms with E-state index in [2.05, 4.69) is 32.2 Å². The smallest absolute Gasteiger partial charge is 0.166 e. The van der Waals surface area contributed by atoms with Crippen LogP contribution in [0.2, 0.25) is 5.02 Å². The Morgan fingerprint density at radius 1 is 0.962 bits per heavy atom. The summed E-state index contributed by atoms with van der Waals surface area (Å²) in [6.45, 7) is 10.3. The lowest BCUT2D eigenvalue weighted by atomic mass is 10.0. The van der Waals surface area contributed by atoms with Crippen molar-refractivity contribution in [2.24, 2.45) is 0 Å². The third kappa shape index (κ3) is 6.39. The molecular formula is C21H29Cl2NO2. The molecule has 0 fully saturated rings. The highest BCUT2D eigenvalue weighted by Crippen LogP contribution is 2.33. The van der Waals surface area contributed by atoms with E-state index in [4.69, 9.17) is 21.1 Å². The summed E-state index contributed by atoms with van der Waals surface area (Å²) >= 11 is 6.25. The van der Waals surface area contributed by atoms with Crippen molar-refractivity contribution in [3.8, 4) is 11.5 Å². The Labute approximate surface area is 168 Å². The molecule has 0 saturated carbocycles. The minimum Gasteiger partial charge on any atom is -0.490 e. The molecule has 0 unspecified atom stereocenters. The predicted molar refractivity (Wildman–Crippen MR) is 112 cm³/mol. The Hall–Kier alpha value is -1.42. The summed E-state index contributed by atoms with van der Waals surface area (Å²) in [6, 6.07) is 13.8. The fourth-order valence-electron chi connectivity index (χ4n) is 2.36. The van der Waals surface area contributed by atoms with E-state index in [1.165, 1.54) is 0 Å². The first kappa shape index (κ1) is 22.6. The summed E-state index contributed by atoms with van der Waals surface area (Å²) in [4.78, 5) is 0. The zero-order chi connectivity index (χ0) is 18.3. The van der Waals surface area contributed by atoms with Gasteiger partial charge in [0.05, 0.1) is 6.61 Å². The number of rotatable bonds is 9. The van der Waals surface area contributed by atoms with Crippen molar-refractivity contribution in [1.82, 2.24) is 5.32 Å². The SMILES string of the molecule is CCOc1cccc(CNC(C)(C)CC)c1OCc1ccccc1Cl.Cl. The summed E-state index contributed by atoms with van der Waals surface area (Å²) < 4.78 is 11.9. The highest BCUT2D eigenvalue weighted by molar-refractivity contribution is 6.31. The molecule has 0 spiro atoms. The third-order valence-corrected chi connectivity index (χ3v) is 4.70. The number of hydrogen-bond donors (Lipinski definition) is 1. The number of hydrogen-bond acceptors (Lipinski definition) is 3. The average molecular weight is 398 g/mol. The van der Waals surface area contributed by atoms with E-state index in [-0.39, 0.29) is 17.9 Å². The van der Waals surface area contributed by atoms with Crippen LogP contribution in [0.4, 0.5) is 0 Å². The lowest BCUT2D eigenvalue weighted by molar-refractivity contribution is 0.264. The van der Waals surface area contributed by atoms with Crippen molar-refractivity contribution in [3.05, 3.63) is 58.6 Å². The maximum Gasteiger partial charge on any atom is 0.166 e. The van der Waals surface area contributed by atoms with Crippen LogP contribution in [-0.2, 0) is 13.2 Å². The van der Waals surface area contributed by atoms with Gasteiger partial charge in [0.15, 0.2) is 11.5 Å². The first-order chi connectivity index (χ1) is 12.0. The van der Waals surface area contributed by atoms with Gasteiger partial charge < -0.3 is 14.8 Å². The Kier molecular flexibility index (Phi) is 9.28. The summed E-state index contributed by atoms with van der Waals surface area (Å²) in [5.41, 5.74) is 2.12. The number of nitrogens with one attached hydrogen (secondary N) is 1. The maximum absolute atomic E-state index is 6.25. The first-order valence-corrected chi connectivity index (χ1v) is 9.20. The van der Waals surface area contributed by atoms with Crippen LogP contribution in [-0.4, -0.2) is 12.1 Å². The third-order valence-electron chi connectivity index (χ3n) is 4.33. The Bertz CT molecular complexity index is 689. The minimum atomic E-state index is 0. The fourth-order valence-corrected chi connectivity index (χ4v) is 2.55. The normalized spacial score (nSPS) is 11.0. The first-order valence-electron chi connectivity index (χ1n) is 8.82. The molecule has 2 aromatic carbocycles. The molecule has 0 aliphatic heterocycles. The van der Waals surface area contributed by atoms with E-state index in [1.54, 1.807) is 0 Å². The van der Waals surface area contributed by atoms with E-state index in [9.17, 15) is 0 Å². The molecule has 0 radical (unpaired) electrons. The molecule has 0 amide bonds. The summed E-state index contributed by atoms with van der Waals surface area (Å²) in [6.07, 6.45) is 1.05. The van der Waals surface area contributed by atoms with E-state index in [1.807, 2.05) is 43.3 Å². The largest absolute Gasteiger partial charge is 0.490 e. The maximum atomic E-state index is 6.25. The summed E-state index contributed by atoms with van der Waals surface area (Å²) in [7, 11) is 0. The van der Waals surface area contributed by atoms with Gasteiger partial charge in [0.1, 0.15) is 6.61 Å². The van der Waals surface area contributed by atoms with Gasteiger partial charge in [-0.3, -0.25) is 0 Å². The van der Waals surface area contributed by atoms with Crippen molar-refractivity contribution in [2.75, 3.05) is 6.61 Å². The van der Waals surface area contributed by atoms with Crippen LogP contribution in [0.1, 0.15) is 45.2 Å². The van der Waals surface area contributed by atoms with E-state index < -0.39 is 0 Å². The molecule has 3 nitrogen and oxygen atoms in total. The molecule has 0 bridgehead atoms. The topological polar surface area (TPSA) is 30.5 Å². The van der Waals surface area contributed by atoms with Crippen LogP contribution in [0, 0.1) is 0 Å². The van der Waals surface area contributed by atoms with Crippen LogP contribution >= 0.6 is 24.0 Å². The van der Waals surface area contributed by atoms with E-state index in [0.29, 0.717) is 18.2 Å². The second-order valence-corrected chi connectivity index (χ2v) is 7.06. The Balaban J connectivity index is 0.00000338. The highest BCUT2D eigenvalue weighted by Gasteiger charge is 2.17. The van der Waals surface area contributed by atoms with Crippen molar-refractivity contribution in [2.45, 2.75) is 52.8 Å².